The van der Waals surface area contributed by atoms with E-state index in [4.69, 9.17) is 4.74 Å². The number of ether oxygens (including phenoxy) is 1. The summed E-state index contributed by atoms with van der Waals surface area (Å²) in [6.45, 7) is 3.14. The number of rotatable bonds is 8. The van der Waals surface area contributed by atoms with Crippen molar-refractivity contribution >= 4 is 23.4 Å². The van der Waals surface area contributed by atoms with Gasteiger partial charge in [0.1, 0.15) is 12.4 Å². The predicted molar refractivity (Wildman–Crippen MR) is 149 cm³/mol. The monoisotopic (exact) mass is 509 g/mol. The second kappa shape index (κ2) is 11.6. The van der Waals surface area contributed by atoms with Crippen molar-refractivity contribution in [3.8, 4) is 11.8 Å². The van der Waals surface area contributed by atoms with Gasteiger partial charge in [0, 0.05) is 18.0 Å². The highest BCUT2D eigenvalue weighted by atomic mass is 32.2. The van der Waals surface area contributed by atoms with E-state index in [1.807, 2.05) is 54.6 Å². The molecule has 0 aliphatic carbocycles. The Labute approximate surface area is 223 Å². The molecule has 6 heteroatoms. The van der Waals surface area contributed by atoms with Crippen molar-refractivity contribution in [2.24, 2.45) is 0 Å². The summed E-state index contributed by atoms with van der Waals surface area (Å²) in [7, 11) is 0. The molecule has 0 N–H and O–H groups in total. The van der Waals surface area contributed by atoms with Crippen molar-refractivity contribution in [1.29, 1.82) is 5.26 Å². The highest BCUT2D eigenvalue weighted by molar-refractivity contribution is 8.03. The van der Waals surface area contributed by atoms with Crippen LogP contribution in [-0.4, -0.2) is 23.4 Å². The first-order chi connectivity index (χ1) is 18.2. The van der Waals surface area contributed by atoms with Crippen LogP contribution in [0.15, 0.2) is 89.5 Å². The minimum absolute atomic E-state index is 0.0476. The molecule has 188 valence electrons. The van der Waals surface area contributed by atoms with Crippen molar-refractivity contribution < 1.29 is 9.53 Å². The molecular formula is C31H31N3O2S. The van der Waals surface area contributed by atoms with E-state index in [9.17, 15) is 10.1 Å². The number of carbonyl (C=O) groups is 1. The van der Waals surface area contributed by atoms with Gasteiger partial charge in [-0.05, 0) is 53.8 Å². The van der Waals surface area contributed by atoms with E-state index >= 15 is 0 Å². The van der Waals surface area contributed by atoms with Crippen LogP contribution >= 0.6 is 11.8 Å². The molecule has 0 radical (unpaired) electrons. The number of hydrogen-bond donors (Lipinski definition) is 0. The smallest absolute Gasteiger partial charge is 0.229 e. The lowest BCUT2D eigenvalue weighted by molar-refractivity contribution is -0.129. The van der Waals surface area contributed by atoms with Crippen LogP contribution in [0.25, 0.3) is 0 Å². The van der Waals surface area contributed by atoms with E-state index in [0.29, 0.717) is 24.7 Å². The molecule has 0 bridgehead atoms. The van der Waals surface area contributed by atoms with Gasteiger partial charge < -0.3 is 9.64 Å². The van der Waals surface area contributed by atoms with E-state index in [1.165, 1.54) is 18.4 Å². The molecule has 0 spiro atoms. The lowest BCUT2D eigenvalue weighted by atomic mass is 9.86. The Morgan fingerprint density at radius 3 is 2.59 bits per heavy atom. The summed E-state index contributed by atoms with van der Waals surface area (Å²) in [6.07, 6.45) is 3.74. The van der Waals surface area contributed by atoms with Crippen LogP contribution in [0.4, 0.5) is 5.69 Å². The average molecular weight is 510 g/mol. The van der Waals surface area contributed by atoms with Crippen LogP contribution in [0.5, 0.6) is 5.75 Å². The summed E-state index contributed by atoms with van der Waals surface area (Å²) in [5.74, 6) is 1.22. The van der Waals surface area contributed by atoms with Gasteiger partial charge in [0.2, 0.25) is 5.91 Å². The van der Waals surface area contributed by atoms with Gasteiger partial charge in [0.05, 0.1) is 29.2 Å². The van der Waals surface area contributed by atoms with Crippen LogP contribution < -0.4 is 9.64 Å². The van der Waals surface area contributed by atoms with Gasteiger partial charge in [-0.15, -0.1) is 0 Å². The quantitative estimate of drug-likeness (QED) is 0.333. The third-order valence-corrected chi connectivity index (χ3v) is 8.08. The molecule has 1 unspecified atom stereocenters. The summed E-state index contributed by atoms with van der Waals surface area (Å²) in [5.41, 5.74) is 5.14. The summed E-state index contributed by atoms with van der Waals surface area (Å²) in [5, 5.41) is 10.9. The molecule has 2 aliphatic rings. The second-order valence-corrected chi connectivity index (χ2v) is 10.4. The Kier molecular flexibility index (Phi) is 7.82. The Hall–Kier alpha value is -3.69. The van der Waals surface area contributed by atoms with Gasteiger partial charge in [-0.2, -0.15) is 5.26 Å². The Morgan fingerprint density at radius 2 is 1.84 bits per heavy atom. The van der Waals surface area contributed by atoms with Crippen LogP contribution in [-0.2, 0) is 17.8 Å². The number of amides is 1. The number of allylic oxidation sites excluding steroid dienone is 1. The standard InChI is InChI=1S/C31H31N3O2S/c1-2-3-8-23-13-15-26(16-14-23)33-21-34-30(35)18-28(29(19-32)31(34)37-22-33)25-11-7-12-27(17-25)36-20-24-9-5-4-6-10-24/h4-7,9-17,28H,2-3,8,18,20-22H2,1H3. The first kappa shape index (κ1) is 25.0. The van der Waals surface area contributed by atoms with E-state index in [-0.39, 0.29) is 18.2 Å². The number of hydrogen-bond acceptors (Lipinski definition) is 5. The molecule has 1 fully saturated rings. The maximum atomic E-state index is 13.3. The zero-order valence-corrected chi connectivity index (χ0v) is 21.9. The van der Waals surface area contributed by atoms with Crippen LogP contribution in [0, 0.1) is 11.3 Å². The fourth-order valence-electron chi connectivity index (χ4n) is 4.83. The molecular weight excluding hydrogens is 478 g/mol. The van der Waals surface area contributed by atoms with Crippen LogP contribution in [0.3, 0.4) is 0 Å². The summed E-state index contributed by atoms with van der Waals surface area (Å²) < 4.78 is 6.01. The number of thioether (sulfide) groups is 1. The van der Waals surface area contributed by atoms with Crippen molar-refractivity contribution in [3.05, 3.63) is 106 Å². The maximum Gasteiger partial charge on any atom is 0.229 e. The van der Waals surface area contributed by atoms with Gasteiger partial charge in [-0.25, -0.2) is 0 Å². The van der Waals surface area contributed by atoms with Crippen LogP contribution in [0.1, 0.15) is 48.8 Å². The first-order valence-electron chi connectivity index (χ1n) is 12.8. The van der Waals surface area contributed by atoms with Gasteiger partial charge in [0.15, 0.2) is 0 Å². The molecule has 2 heterocycles. The van der Waals surface area contributed by atoms with Gasteiger partial charge >= 0.3 is 0 Å². The number of benzene rings is 3. The highest BCUT2D eigenvalue weighted by Gasteiger charge is 2.38. The average Bonchev–Trinajstić information content (AvgIpc) is 2.96. The lowest BCUT2D eigenvalue weighted by Crippen LogP contribution is -2.47. The second-order valence-electron chi connectivity index (χ2n) is 9.48. The van der Waals surface area contributed by atoms with Gasteiger partial charge in [-0.1, -0.05) is 79.7 Å². The normalized spacial score (nSPS) is 17.4. The fraction of sp³-hybridized carbons (Fsp3) is 0.290. The number of unbranched alkanes of at least 4 members (excludes halogenated alkanes) is 1. The number of anilines is 1. The van der Waals surface area contributed by atoms with Crippen molar-refractivity contribution in [3.63, 3.8) is 0 Å². The molecule has 1 saturated heterocycles. The van der Waals surface area contributed by atoms with Gasteiger partial charge in [-0.3, -0.25) is 9.69 Å². The Balaban J connectivity index is 1.32. The molecule has 3 aromatic carbocycles. The molecule has 37 heavy (non-hydrogen) atoms. The van der Waals surface area contributed by atoms with Gasteiger partial charge in [0.25, 0.3) is 0 Å². The van der Waals surface area contributed by atoms with Crippen molar-refractivity contribution in [2.75, 3.05) is 17.4 Å². The minimum Gasteiger partial charge on any atom is -0.489 e. The number of carbonyl (C=O) groups excluding carboxylic acids is 1. The van der Waals surface area contributed by atoms with E-state index in [1.54, 1.807) is 16.7 Å². The third kappa shape index (κ3) is 5.68. The predicted octanol–water partition coefficient (Wildman–Crippen LogP) is 6.83. The molecule has 1 atom stereocenters. The molecule has 3 aromatic rings. The van der Waals surface area contributed by atoms with E-state index < -0.39 is 0 Å². The zero-order chi connectivity index (χ0) is 25.6. The first-order valence-corrected chi connectivity index (χ1v) is 13.8. The number of fused-ring (bicyclic) bond motifs is 1. The molecule has 0 saturated carbocycles. The van der Waals surface area contributed by atoms with Crippen LogP contribution in [0.2, 0.25) is 0 Å². The summed E-state index contributed by atoms with van der Waals surface area (Å²) >= 11 is 1.57. The number of nitrogens with zero attached hydrogens (tertiary/aromatic N) is 3. The number of aryl methyl sites for hydroxylation is 1. The number of nitriles is 1. The van der Waals surface area contributed by atoms with E-state index in [2.05, 4.69) is 42.2 Å². The SMILES string of the molecule is CCCCc1ccc(N2CSC3=C(C#N)C(c4cccc(OCc5ccccc5)c4)CC(=O)N3C2)cc1. The highest BCUT2D eigenvalue weighted by Crippen LogP contribution is 2.43. The van der Waals surface area contributed by atoms with E-state index in [0.717, 1.165) is 34.0 Å². The Morgan fingerprint density at radius 1 is 1.03 bits per heavy atom. The molecule has 5 rings (SSSR count). The molecule has 2 aliphatic heterocycles. The Bertz CT molecular complexity index is 1310. The summed E-state index contributed by atoms with van der Waals surface area (Å²) in [4.78, 5) is 17.3. The third-order valence-electron chi connectivity index (χ3n) is 6.92. The lowest BCUT2D eigenvalue weighted by Gasteiger charge is -2.42. The maximum absolute atomic E-state index is 13.3. The topological polar surface area (TPSA) is 56.6 Å². The van der Waals surface area contributed by atoms with Crippen molar-refractivity contribution in [2.45, 2.75) is 45.1 Å². The molecule has 5 nitrogen and oxygen atoms in total. The van der Waals surface area contributed by atoms with Crippen molar-refractivity contribution in [1.82, 2.24) is 4.90 Å². The fourth-order valence-corrected chi connectivity index (χ4v) is 5.99. The summed E-state index contributed by atoms with van der Waals surface area (Å²) in [6, 6.07) is 28.9. The molecule has 0 aromatic heterocycles. The zero-order valence-electron chi connectivity index (χ0n) is 21.1. The largest absolute Gasteiger partial charge is 0.489 e. The minimum atomic E-state index is -0.263. The molecule has 1 amide bonds.